The molecule has 0 radical (unpaired) electrons. The zero-order valence-electron chi connectivity index (χ0n) is 17.7. The topological polar surface area (TPSA) is 0 Å². The molecular weight excluding hydrogens is 311 g/mol. The molecule has 0 nitrogen and oxygen atoms in total. The van der Waals surface area contributed by atoms with E-state index < -0.39 is 0 Å². The van der Waals surface area contributed by atoms with Crippen LogP contribution in [0.2, 0.25) is 0 Å². The van der Waals surface area contributed by atoms with E-state index in [2.05, 4.69) is 49.4 Å². The number of fused-ring (bicyclic) bond motifs is 1. The molecule has 0 heterocycles. The third-order valence-electron chi connectivity index (χ3n) is 5.18. The van der Waals surface area contributed by atoms with Gasteiger partial charge in [0.25, 0.3) is 0 Å². The van der Waals surface area contributed by atoms with E-state index in [1.807, 2.05) is 0 Å². The number of unbranched alkanes of at least 4 members (excludes halogenated alkanes) is 11. The molecule has 2 rings (SSSR count). The Labute approximate surface area is 179 Å². The van der Waals surface area contributed by atoms with Crippen LogP contribution < -0.4 is 29.6 Å². The van der Waals surface area contributed by atoms with E-state index in [1.165, 1.54) is 99.8 Å². The maximum atomic E-state index is 2.31. The van der Waals surface area contributed by atoms with E-state index in [0.717, 1.165) is 0 Å². The second kappa shape index (κ2) is 14.8. The van der Waals surface area contributed by atoms with Gasteiger partial charge >= 0.3 is 29.6 Å². The summed E-state index contributed by atoms with van der Waals surface area (Å²) in [5.74, 6) is 0. The summed E-state index contributed by atoms with van der Waals surface area (Å²) in [5.41, 5.74) is 1.53. The summed E-state index contributed by atoms with van der Waals surface area (Å²) in [7, 11) is 0. The van der Waals surface area contributed by atoms with Gasteiger partial charge < -0.3 is 1.43 Å². The average molecular weight is 349 g/mol. The Kier molecular flexibility index (Phi) is 13.5. The minimum atomic E-state index is 0. The molecule has 2 aromatic rings. The first kappa shape index (κ1) is 22.7. The van der Waals surface area contributed by atoms with Gasteiger partial charge in [0.2, 0.25) is 0 Å². The van der Waals surface area contributed by atoms with Gasteiger partial charge in [-0.25, -0.2) is 0 Å². The molecule has 0 spiro atoms. The molecule has 0 unspecified atom stereocenters. The van der Waals surface area contributed by atoms with Crippen LogP contribution in [0.5, 0.6) is 0 Å². The van der Waals surface area contributed by atoms with Crippen molar-refractivity contribution in [2.75, 3.05) is 0 Å². The van der Waals surface area contributed by atoms with Crippen LogP contribution >= 0.6 is 0 Å². The SMILES string of the molecule is CCCCCCCCCCCCCCc1cccc2ccccc12.[H-].[Na+]. The fourth-order valence-electron chi connectivity index (χ4n) is 3.67. The molecule has 0 N–H and O–H groups in total. The van der Waals surface area contributed by atoms with E-state index >= 15 is 0 Å². The normalized spacial score (nSPS) is 10.8. The number of hydrogen-bond acceptors (Lipinski definition) is 0. The van der Waals surface area contributed by atoms with Crippen molar-refractivity contribution < 1.29 is 31.0 Å². The first-order valence-electron chi connectivity index (χ1n) is 10.4. The summed E-state index contributed by atoms with van der Waals surface area (Å²) in [6, 6.07) is 15.5. The quantitative estimate of drug-likeness (QED) is 0.345. The molecule has 0 aliphatic carbocycles. The minimum absolute atomic E-state index is 0. The largest absolute Gasteiger partial charge is 1.00 e. The Morgan fingerprint density at radius 1 is 0.600 bits per heavy atom. The molecule has 0 saturated carbocycles. The van der Waals surface area contributed by atoms with Gasteiger partial charge in [0.05, 0.1) is 0 Å². The van der Waals surface area contributed by atoms with E-state index in [0.29, 0.717) is 0 Å². The smallest absolute Gasteiger partial charge is 1.00 e. The summed E-state index contributed by atoms with van der Waals surface area (Å²) in [4.78, 5) is 0. The third-order valence-corrected chi connectivity index (χ3v) is 5.18. The summed E-state index contributed by atoms with van der Waals surface area (Å²) in [6.07, 6.45) is 18.3. The van der Waals surface area contributed by atoms with Crippen molar-refractivity contribution in [1.29, 1.82) is 0 Å². The Morgan fingerprint density at radius 3 is 1.76 bits per heavy atom. The molecule has 0 fully saturated rings. The van der Waals surface area contributed by atoms with Crippen molar-refractivity contribution in [3.63, 3.8) is 0 Å². The number of aryl methyl sites for hydroxylation is 1. The zero-order chi connectivity index (χ0) is 16.9. The van der Waals surface area contributed by atoms with Crippen molar-refractivity contribution in [3.05, 3.63) is 48.0 Å². The van der Waals surface area contributed by atoms with Crippen LogP contribution in [0.25, 0.3) is 10.8 Å². The molecule has 0 aromatic heterocycles. The molecule has 0 aliphatic rings. The van der Waals surface area contributed by atoms with Gasteiger partial charge in [0.15, 0.2) is 0 Å². The fourth-order valence-corrected chi connectivity index (χ4v) is 3.67. The van der Waals surface area contributed by atoms with Gasteiger partial charge in [-0.05, 0) is 29.2 Å². The second-order valence-electron chi connectivity index (χ2n) is 7.28. The number of benzene rings is 2. The van der Waals surface area contributed by atoms with Gasteiger partial charge in [-0.1, -0.05) is 120 Å². The minimum Gasteiger partial charge on any atom is -1.00 e. The monoisotopic (exact) mass is 348 g/mol. The molecular formula is C24H37Na. The van der Waals surface area contributed by atoms with Gasteiger partial charge in [-0.2, -0.15) is 0 Å². The fraction of sp³-hybridized carbons (Fsp3) is 0.583. The second-order valence-corrected chi connectivity index (χ2v) is 7.28. The Bertz CT molecular complexity index is 562. The molecule has 0 atom stereocenters. The van der Waals surface area contributed by atoms with Gasteiger partial charge in [-0.3, -0.25) is 0 Å². The molecule has 134 valence electrons. The Hall–Kier alpha value is -0.300. The van der Waals surface area contributed by atoms with Crippen LogP contribution in [0.15, 0.2) is 42.5 Å². The van der Waals surface area contributed by atoms with E-state index in [1.54, 1.807) is 0 Å². The first-order valence-corrected chi connectivity index (χ1v) is 10.4. The molecule has 1 heteroatoms. The van der Waals surface area contributed by atoms with Gasteiger partial charge in [0.1, 0.15) is 0 Å². The van der Waals surface area contributed by atoms with Crippen LogP contribution in [0.3, 0.4) is 0 Å². The average Bonchev–Trinajstić information content (AvgIpc) is 2.63. The standard InChI is InChI=1S/C24H36.Na.H/c1-2-3-4-5-6-7-8-9-10-11-12-13-17-22-19-16-20-23-18-14-15-21-24(22)23;;/h14-16,18-21H,2-13,17H2,1H3;;/q;+1;-1. The van der Waals surface area contributed by atoms with Gasteiger partial charge in [-0.15, -0.1) is 0 Å². The van der Waals surface area contributed by atoms with E-state index in [-0.39, 0.29) is 31.0 Å². The van der Waals surface area contributed by atoms with Crippen LogP contribution in [0.1, 0.15) is 91.0 Å². The van der Waals surface area contributed by atoms with Crippen molar-refractivity contribution in [3.8, 4) is 0 Å². The third kappa shape index (κ3) is 9.27. The summed E-state index contributed by atoms with van der Waals surface area (Å²) < 4.78 is 0. The van der Waals surface area contributed by atoms with E-state index in [4.69, 9.17) is 0 Å². The predicted molar refractivity (Wildman–Crippen MR) is 110 cm³/mol. The van der Waals surface area contributed by atoms with Crippen LogP contribution in [-0.4, -0.2) is 0 Å². The molecule has 25 heavy (non-hydrogen) atoms. The first-order chi connectivity index (χ1) is 11.9. The zero-order valence-corrected chi connectivity index (χ0v) is 18.7. The van der Waals surface area contributed by atoms with Crippen molar-refractivity contribution in [2.24, 2.45) is 0 Å². The van der Waals surface area contributed by atoms with Crippen LogP contribution in [-0.2, 0) is 6.42 Å². The van der Waals surface area contributed by atoms with E-state index in [9.17, 15) is 0 Å². The number of rotatable bonds is 13. The van der Waals surface area contributed by atoms with Crippen LogP contribution in [0.4, 0.5) is 0 Å². The molecule has 0 amide bonds. The Morgan fingerprint density at radius 2 is 1.12 bits per heavy atom. The molecule has 0 saturated heterocycles. The molecule has 0 bridgehead atoms. The van der Waals surface area contributed by atoms with Crippen LogP contribution in [0, 0.1) is 0 Å². The summed E-state index contributed by atoms with van der Waals surface area (Å²) in [6.45, 7) is 2.29. The van der Waals surface area contributed by atoms with Crippen molar-refractivity contribution >= 4 is 10.8 Å². The Balaban J connectivity index is 0.00000312. The van der Waals surface area contributed by atoms with Crippen molar-refractivity contribution in [2.45, 2.75) is 90.4 Å². The molecule has 0 aliphatic heterocycles. The maximum absolute atomic E-state index is 2.31. The summed E-state index contributed by atoms with van der Waals surface area (Å²) >= 11 is 0. The summed E-state index contributed by atoms with van der Waals surface area (Å²) in [5, 5.41) is 2.83. The maximum Gasteiger partial charge on any atom is 1.00 e. The predicted octanol–water partition coefficient (Wildman–Crippen LogP) is 5.20. The molecule has 2 aromatic carbocycles. The number of hydrogen-bond donors (Lipinski definition) is 0. The van der Waals surface area contributed by atoms with Crippen molar-refractivity contribution in [1.82, 2.24) is 0 Å². The van der Waals surface area contributed by atoms with Gasteiger partial charge in [0, 0.05) is 0 Å².